The van der Waals surface area contributed by atoms with E-state index in [0.29, 0.717) is 18.0 Å². The van der Waals surface area contributed by atoms with Gasteiger partial charge in [-0.15, -0.1) is 0 Å². The van der Waals surface area contributed by atoms with Gasteiger partial charge in [-0.2, -0.15) is 0 Å². The Morgan fingerprint density at radius 2 is 2.00 bits per heavy atom. The zero-order chi connectivity index (χ0) is 12.9. The molecule has 0 bridgehead atoms. The molecule has 0 aromatic heterocycles. The van der Waals surface area contributed by atoms with Gasteiger partial charge in [0.25, 0.3) is 0 Å². The van der Waals surface area contributed by atoms with Crippen molar-refractivity contribution in [2.75, 3.05) is 6.54 Å². The van der Waals surface area contributed by atoms with Crippen molar-refractivity contribution in [1.29, 1.82) is 0 Å². The van der Waals surface area contributed by atoms with Crippen molar-refractivity contribution in [2.45, 2.75) is 65.8 Å². The summed E-state index contributed by atoms with van der Waals surface area (Å²) in [6.07, 6.45) is 6.12. The number of carbonyl (C=O) groups is 1. The van der Waals surface area contributed by atoms with E-state index in [1.54, 1.807) is 0 Å². The minimum Gasteiger partial charge on any atom is -0.338 e. The molecule has 0 radical (unpaired) electrons. The van der Waals surface area contributed by atoms with Crippen LogP contribution in [0.3, 0.4) is 0 Å². The van der Waals surface area contributed by atoms with Gasteiger partial charge in [0.05, 0.1) is 0 Å². The molecule has 0 heterocycles. The molecule has 2 N–H and O–H groups in total. The molecule has 2 amide bonds. The van der Waals surface area contributed by atoms with Crippen molar-refractivity contribution in [3.63, 3.8) is 0 Å². The van der Waals surface area contributed by atoms with Crippen LogP contribution in [0.1, 0.15) is 59.8 Å². The van der Waals surface area contributed by atoms with Crippen LogP contribution < -0.4 is 10.6 Å². The molecular formula is C14H28N2O. The fourth-order valence-corrected chi connectivity index (χ4v) is 2.87. The summed E-state index contributed by atoms with van der Waals surface area (Å²) in [6, 6.07) is 0.372. The first kappa shape index (κ1) is 14.3. The molecule has 1 fully saturated rings. The first-order valence-electron chi connectivity index (χ1n) is 6.95. The van der Waals surface area contributed by atoms with Gasteiger partial charge in [-0.25, -0.2) is 4.79 Å². The molecule has 1 aliphatic rings. The van der Waals surface area contributed by atoms with Crippen LogP contribution in [0.15, 0.2) is 0 Å². The molecule has 3 heteroatoms. The Bertz CT molecular complexity index is 245. The number of hydrogen-bond acceptors (Lipinski definition) is 1. The van der Waals surface area contributed by atoms with Crippen LogP contribution in [0.25, 0.3) is 0 Å². The van der Waals surface area contributed by atoms with Crippen LogP contribution in [0.4, 0.5) is 4.79 Å². The van der Waals surface area contributed by atoms with Gasteiger partial charge < -0.3 is 10.6 Å². The number of rotatable bonds is 3. The van der Waals surface area contributed by atoms with Crippen LogP contribution >= 0.6 is 0 Å². The monoisotopic (exact) mass is 240 g/mol. The zero-order valence-corrected chi connectivity index (χ0v) is 11.8. The standard InChI is InChI=1S/C14H28N2O/c1-5-15-13(17)16-12-8-6-7-11(9-12)10-14(2,3)4/h11-12H,5-10H2,1-4H3,(H2,15,16,17)/t11-,12-/m0/s1. The Hall–Kier alpha value is -0.730. The maximum atomic E-state index is 11.5. The van der Waals surface area contributed by atoms with E-state index < -0.39 is 0 Å². The Morgan fingerprint density at radius 3 is 2.59 bits per heavy atom. The highest BCUT2D eigenvalue weighted by Crippen LogP contribution is 2.34. The summed E-state index contributed by atoms with van der Waals surface area (Å²) < 4.78 is 0. The number of nitrogens with one attached hydrogen (secondary N) is 2. The molecule has 0 aromatic rings. The summed E-state index contributed by atoms with van der Waals surface area (Å²) in [4.78, 5) is 11.5. The highest BCUT2D eigenvalue weighted by molar-refractivity contribution is 5.74. The fourth-order valence-electron chi connectivity index (χ4n) is 2.87. The molecular weight excluding hydrogens is 212 g/mol. The molecule has 2 atom stereocenters. The summed E-state index contributed by atoms with van der Waals surface area (Å²) in [5.41, 5.74) is 0.401. The Balaban J connectivity index is 2.36. The average Bonchev–Trinajstić information content (AvgIpc) is 2.15. The van der Waals surface area contributed by atoms with Crippen LogP contribution in [0, 0.1) is 11.3 Å². The summed E-state index contributed by atoms with van der Waals surface area (Å²) in [5, 5.41) is 5.89. The lowest BCUT2D eigenvalue weighted by atomic mass is 9.76. The second-order valence-corrected chi connectivity index (χ2v) is 6.50. The molecule has 1 rings (SSSR count). The third-order valence-electron chi connectivity index (χ3n) is 3.36. The maximum Gasteiger partial charge on any atom is 0.314 e. The van der Waals surface area contributed by atoms with Crippen molar-refractivity contribution in [2.24, 2.45) is 11.3 Å². The Morgan fingerprint density at radius 1 is 1.29 bits per heavy atom. The molecule has 3 nitrogen and oxygen atoms in total. The Labute approximate surface area is 106 Å². The molecule has 0 unspecified atom stereocenters. The second-order valence-electron chi connectivity index (χ2n) is 6.50. The van der Waals surface area contributed by atoms with E-state index in [9.17, 15) is 4.79 Å². The lowest BCUT2D eigenvalue weighted by Crippen LogP contribution is -2.44. The van der Waals surface area contributed by atoms with Crippen LogP contribution in [0.5, 0.6) is 0 Å². The van der Waals surface area contributed by atoms with Crippen molar-refractivity contribution in [3.8, 4) is 0 Å². The van der Waals surface area contributed by atoms with Crippen LogP contribution in [-0.2, 0) is 0 Å². The van der Waals surface area contributed by atoms with Gasteiger partial charge in [0.2, 0.25) is 0 Å². The summed E-state index contributed by atoms with van der Waals surface area (Å²) in [5.74, 6) is 0.774. The zero-order valence-electron chi connectivity index (χ0n) is 11.8. The van der Waals surface area contributed by atoms with Crippen molar-refractivity contribution >= 4 is 6.03 Å². The van der Waals surface area contributed by atoms with Gasteiger partial charge in [-0.3, -0.25) is 0 Å². The van der Waals surface area contributed by atoms with E-state index in [4.69, 9.17) is 0 Å². The lowest BCUT2D eigenvalue weighted by molar-refractivity contribution is 0.202. The third-order valence-corrected chi connectivity index (χ3v) is 3.36. The fraction of sp³-hybridized carbons (Fsp3) is 0.929. The number of carbonyl (C=O) groups excluding carboxylic acids is 1. The van der Waals surface area contributed by atoms with Gasteiger partial charge >= 0.3 is 6.03 Å². The topological polar surface area (TPSA) is 41.1 Å². The maximum absolute atomic E-state index is 11.5. The normalized spacial score (nSPS) is 25.4. The molecule has 17 heavy (non-hydrogen) atoms. The first-order chi connectivity index (χ1) is 7.90. The first-order valence-corrected chi connectivity index (χ1v) is 6.95. The van der Waals surface area contributed by atoms with Gasteiger partial charge in [-0.1, -0.05) is 33.6 Å². The summed E-state index contributed by atoms with van der Waals surface area (Å²) in [7, 11) is 0. The van der Waals surface area contributed by atoms with E-state index in [2.05, 4.69) is 31.4 Å². The molecule has 1 aliphatic carbocycles. The van der Waals surface area contributed by atoms with Gasteiger partial charge in [0, 0.05) is 12.6 Å². The van der Waals surface area contributed by atoms with E-state index >= 15 is 0 Å². The minimum atomic E-state index is -0.00564. The van der Waals surface area contributed by atoms with E-state index in [0.717, 1.165) is 18.8 Å². The van der Waals surface area contributed by atoms with E-state index in [1.165, 1.54) is 19.3 Å². The molecule has 0 aliphatic heterocycles. The number of amides is 2. The van der Waals surface area contributed by atoms with Gasteiger partial charge in [0.1, 0.15) is 0 Å². The number of urea groups is 1. The highest BCUT2D eigenvalue weighted by Gasteiger charge is 2.26. The molecule has 100 valence electrons. The van der Waals surface area contributed by atoms with Gasteiger partial charge in [0.15, 0.2) is 0 Å². The number of hydrogen-bond donors (Lipinski definition) is 2. The predicted molar refractivity (Wildman–Crippen MR) is 72.0 cm³/mol. The third kappa shape index (κ3) is 5.94. The largest absolute Gasteiger partial charge is 0.338 e. The Kier molecular flexibility index (Phi) is 5.29. The molecule has 1 saturated carbocycles. The smallest absolute Gasteiger partial charge is 0.314 e. The lowest BCUT2D eigenvalue weighted by Gasteiger charge is -2.33. The second kappa shape index (κ2) is 6.27. The predicted octanol–water partition coefficient (Wildman–Crippen LogP) is 3.30. The van der Waals surface area contributed by atoms with Crippen LogP contribution in [-0.4, -0.2) is 18.6 Å². The summed E-state index contributed by atoms with van der Waals surface area (Å²) >= 11 is 0. The summed E-state index contributed by atoms with van der Waals surface area (Å²) in [6.45, 7) is 9.54. The van der Waals surface area contributed by atoms with Crippen molar-refractivity contribution in [1.82, 2.24) is 10.6 Å². The van der Waals surface area contributed by atoms with Crippen molar-refractivity contribution in [3.05, 3.63) is 0 Å². The quantitative estimate of drug-likeness (QED) is 0.781. The average molecular weight is 240 g/mol. The minimum absolute atomic E-state index is 0.00564. The SMILES string of the molecule is CCNC(=O)N[C@H]1CCC[C@H](CC(C)(C)C)C1. The van der Waals surface area contributed by atoms with Gasteiger partial charge in [-0.05, 0) is 37.5 Å². The molecule has 0 saturated heterocycles. The molecule has 0 aromatic carbocycles. The van der Waals surface area contributed by atoms with Crippen LogP contribution in [0.2, 0.25) is 0 Å². The van der Waals surface area contributed by atoms with E-state index in [1.807, 2.05) is 6.92 Å². The highest BCUT2D eigenvalue weighted by atomic mass is 16.2. The molecule has 0 spiro atoms. The van der Waals surface area contributed by atoms with E-state index in [-0.39, 0.29) is 6.03 Å². The van der Waals surface area contributed by atoms with Crippen molar-refractivity contribution < 1.29 is 4.79 Å².